The Kier molecular flexibility index (Phi) is 5.88. The molecule has 0 atom stereocenters. The number of fused-ring (bicyclic) bond motifs is 1. The van der Waals surface area contributed by atoms with Gasteiger partial charge in [0.25, 0.3) is 5.91 Å². The quantitative estimate of drug-likeness (QED) is 0.534. The van der Waals surface area contributed by atoms with Gasteiger partial charge < -0.3 is 14.8 Å². The molecule has 1 aliphatic rings. The Morgan fingerprint density at radius 3 is 2.77 bits per heavy atom. The number of nitrogens with zero attached hydrogens (tertiary/aromatic N) is 1. The van der Waals surface area contributed by atoms with Crippen molar-refractivity contribution in [3.63, 3.8) is 0 Å². The molecule has 160 valence electrons. The van der Waals surface area contributed by atoms with E-state index in [-0.39, 0.29) is 11.5 Å². The first-order valence-corrected chi connectivity index (χ1v) is 10.6. The standard InChI is InChI=1S/C25H25ClN2O3/c1-16-8-9-23(27-14-16)28-24(29)20-12-18(30-15-17-6-4-5-7-21(17)26)13-22-19(20)10-11-25(2,3)31-22/h4-9,12-14H,10-11,15H2,1-3H3,(H,27,28,29). The summed E-state index contributed by atoms with van der Waals surface area (Å²) in [5, 5.41) is 3.52. The normalized spacial score (nSPS) is 14.3. The number of nitrogens with one attached hydrogen (secondary N) is 1. The number of hydrogen-bond acceptors (Lipinski definition) is 4. The van der Waals surface area contributed by atoms with E-state index in [2.05, 4.69) is 10.3 Å². The van der Waals surface area contributed by atoms with Crippen LogP contribution in [-0.4, -0.2) is 16.5 Å². The average molecular weight is 437 g/mol. The molecule has 3 aromatic rings. The predicted molar refractivity (Wildman–Crippen MR) is 122 cm³/mol. The van der Waals surface area contributed by atoms with E-state index in [0.29, 0.717) is 34.5 Å². The molecule has 1 amide bonds. The second kappa shape index (κ2) is 8.60. The van der Waals surface area contributed by atoms with Crippen molar-refractivity contribution in [3.05, 3.63) is 82.0 Å². The lowest BCUT2D eigenvalue weighted by Gasteiger charge is -2.33. The highest BCUT2D eigenvalue weighted by Crippen LogP contribution is 2.38. The van der Waals surface area contributed by atoms with Crippen molar-refractivity contribution in [3.8, 4) is 11.5 Å². The Labute approximate surface area is 187 Å². The van der Waals surface area contributed by atoms with E-state index in [4.69, 9.17) is 21.1 Å². The predicted octanol–water partition coefficient (Wildman–Crippen LogP) is 5.98. The first-order chi connectivity index (χ1) is 14.8. The van der Waals surface area contributed by atoms with E-state index in [1.54, 1.807) is 18.3 Å². The monoisotopic (exact) mass is 436 g/mol. The second-order valence-electron chi connectivity index (χ2n) is 8.36. The SMILES string of the molecule is Cc1ccc(NC(=O)c2cc(OCc3ccccc3Cl)cc3c2CCC(C)(C)O3)nc1. The van der Waals surface area contributed by atoms with Gasteiger partial charge in [-0.3, -0.25) is 4.79 Å². The van der Waals surface area contributed by atoms with Crippen LogP contribution in [0.3, 0.4) is 0 Å². The van der Waals surface area contributed by atoms with Crippen LogP contribution < -0.4 is 14.8 Å². The molecule has 6 heteroatoms. The molecule has 2 heterocycles. The third-order valence-electron chi connectivity index (χ3n) is 5.30. The maximum absolute atomic E-state index is 13.1. The molecular formula is C25H25ClN2O3. The van der Waals surface area contributed by atoms with Crippen LogP contribution in [0.4, 0.5) is 5.82 Å². The van der Waals surface area contributed by atoms with Crippen LogP contribution in [-0.2, 0) is 13.0 Å². The van der Waals surface area contributed by atoms with Gasteiger partial charge in [0.2, 0.25) is 0 Å². The van der Waals surface area contributed by atoms with Crippen molar-refractivity contribution < 1.29 is 14.3 Å². The molecule has 0 aliphatic carbocycles. The molecule has 0 fully saturated rings. The van der Waals surface area contributed by atoms with Crippen molar-refractivity contribution >= 4 is 23.3 Å². The minimum Gasteiger partial charge on any atom is -0.489 e. The molecule has 1 aliphatic heterocycles. The zero-order valence-electron chi connectivity index (χ0n) is 17.9. The third kappa shape index (κ3) is 5.00. The number of aromatic nitrogens is 1. The van der Waals surface area contributed by atoms with Crippen molar-refractivity contribution in [2.24, 2.45) is 0 Å². The summed E-state index contributed by atoms with van der Waals surface area (Å²) in [5.41, 5.74) is 3.01. The van der Waals surface area contributed by atoms with Crippen LogP contribution in [0.1, 0.15) is 47.3 Å². The highest BCUT2D eigenvalue weighted by molar-refractivity contribution is 6.31. The number of aryl methyl sites for hydroxylation is 1. The molecule has 5 nitrogen and oxygen atoms in total. The second-order valence-corrected chi connectivity index (χ2v) is 8.77. The molecular weight excluding hydrogens is 412 g/mol. The summed E-state index contributed by atoms with van der Waals surface area (Å²) in [6.45, 7) is 6.34. The number of rotatable bonds is 5. The molecule has 0 bridgehead atoms. The van der Waals surface area contributed by atoms with Gasteiger partial charge >= 0.3 is 0 Å². The van der Waals surface area contributed by atoms with E-state index < -0.39 is 0 Å². The largest absolute Gasteiger partial charge is 0.489 e. The molecule has 1 aromatic heterocycles. The minimum atomic E-state index is -0.305. The molecule has 1 N–H and O–H groups in total. The van der Waals surface area contributed by atoms with Gasteiger partial charge in [0.15, 0.2) is 0 Å². The summed E-state index contributed by atoms with van der Waals surface area (Å²) in [6, 6.07) is 14.8. The maximum Gasteiger partial charge on any atom is 0.257 e. The van der Waals surface area contributed by atoms with Gasteiger partial charge in [0.05, 0.1) is 5.56 Å². The molecule has 0 saturated heterocycles. The molecule has 31 heavy (non-hydrogen) atoms. The first-order valence-electron chi connectivity index (χ1n) is 10.3. The maximum atomic E-state index is 13.1. The summed E-state index contributed by atoms with van der Waals surface area (Å²) < 4.78 is 12.2. The number of hydrogen-bond donors (Lipinski definition) is 1. The van der Waals surface area contributed by atoms with Crippen molar-refractivity contribution in [1.29, 1.82) is 0 Å². The van der Waals surface area contributed by atoms with E-state index in [9.17, 15) is 4.79 Å². The van der Waals surface area contributed by atoms with Crippen molar-refractivity contribution in [2.45, 2.75) is 45.8 Å². The van der Waals surface area contributed by atoms with Gasteiger partial charge in [-0.15, -0.1) is 0 Å². The zero-order valence-corrected chi connectivity index (χ0v) is 18.6. The highest BCUT2D eigenvalue weighted by Gasteiger charge is 2.30. The summed E-state index contributed by atoms with van der Waals surface area (Å²) >= 11 is 6.25. The van der Waals surface area contributed by atoms with Gasteiger partial charge in [0, 0.05) is 28.4 Å². The topological polar surface area (TPSA) is 60.5 Å². The number of pyridine rings is 1. The fraction of sp³-hybridized carbons (Fsp3) is 0.280. The van der Waals surface area contributed by atoms with Gasteiger partial charge in [-0.25, -0.2) is 4.98 Å². The zero-order chi connectivity index (χ0) is 22.0. The van der Waals surface area contributed by atoms with Gasteiger partial charge in [0.1, 0.15) is 29.5 Å². The number of amides is 1. The lowest BCUT2D eigenvalue weighted by molar-refractivity contribution is 0.0827. The fourth-order valence-electron chi connectivity index (χ4n) is 3.53. The van der Waals surface area contributed by atoms with E-state index in [0.717, 1.165) is 29.5 Å². The van der Waals surface area contributed by atoms with Crippen molar-refractivity contribution in [2.75, 3.05) is 5.32 Å². The third-order valence-corrected chi connectivity index (χ3v) is 5.66. The van der Waals surface area contributed by atoms with Crippen LogP contribution in [0.15, 0.2) is 54.7 Å². The Morgan fingerprint density at radius 2 is 2.03 bits per heavy atom. The summed E-state index contributed by atoms with van der Waals surface area (Å²) in [7, 11) is 0. The number of halogens is 1. The molecule has 0 unspecified atom stereocenters. The molecule has 0 spiro atoms. The fourth-order valence-corrected chi connectivity index (χ4v) is 3.72. The molecule has 4 rings (SSSR count). The number of benzene rings is 2. The average Bonchev–Trinajstić information content (AvgIpc) is 2.73. The Bertz CT molecular complexity index is 1110. The Morgan fingerprint density at radius 1 is 1.23 bits per heavy atom. The van der Waals surface area contributed by atoms with E-state index in [1.165, 1.54) is 0 Å². The lowest BCUT2D eigenvalue weighted by atomic mass is 9.91. The summed E-state index contributed by atoms with van der Waals surface area (Å²) in [4.78, 5) is 17.4. The first kappa shape index (κ1) is 21.2. The highest BCUT2D eigenvalue weighted by atomic mass is 35.5. The molecule has 2 aromatic carbocycles. The smallest absolute Gasteiger partial charge is 0.257 e. The minimum absolute atomic E-state index is 0.237. The van der Waals surface area contributed by atoms with E-state index >= 15 is 0 Å². The summed E-state index contributed by atoms with van der Waals surface area (Å²) in [6.07, 6.45) is 3.29. The number of carbonyl (C=O) groups is 1. The lowest BCUT2D eigenvalue weighted by Crippen LogP contribution is -2.33. The molecule has 0 radical (unpaired) electrons. The number of anilines is 1. The molecule has 0 saturated carbocycles. The van der Waals surface area contributed by atoms with Gasteiger partial charge in [-0.2, -0.15) is 0 Å². The Balaban J connectivity index is 1.64. The van der Waals surface area contributed by atoms with Crippen LogP contribution >= 0.6 is 11.6 Å². The van der Waals surface area contributed by atoms with Gasteiger partial charge in [-0.1, -0.05) is 35.9 Å². The van der Waals surface area contributed by atoms with Crippen LogP contribution in [0.2, 0.25) is 5.02 Å². The van der Waals surface area contributed by atoms with Gasteiger partial charge in [-0.05, 0) is 57.4 Å². The van der Waals surface area contributed by atoms with Crippen LogP contribution in [0.25, 0.3) is 0 Å². The van der Waals surface area contributed by atoms with Crippen LogP contribution in [0.5, 0.6) is 11.5 Å². The number of ether oxygens (including phenoxy) is 2. The summed E-state index contributed by atoms with van der Waals surface area (Å²) in [5.74, 6) is 1.50. The van der Waals surface area contributed by atoms with Crippen molar-refractivity contribution in [1.82, 2.24) is 4.98 Å². The Hall–Kier alpha value is -3.05. The number of carbonyl (C=O) groups excluding carboxylic acids is 1. The van der Waals surface area contributed by atoms with Crippen LogP contribution in [0, 0.1) is 6.92 Å². The van der Waals surface area contributed by atoms with E-state index in [1.807, 2.05) is 57.2 Å².